The predicted octanol–water partition coefficient (Wildman–Crippen LogP) is 1.78. The summed E-state index contributed by atoms with van der Waals surface area (Å²) >= 11 is 5.81. The van der Waals surface area contributed by atoms with Crippen molar-refractivity contribution >= 4 is 23.4 Å². The van der Waals surface area contributed by atoms with Gasteiger partial charge in [-0.3, -0.25) is 0 Å². The van der Waals surface area contributed by atoms with Crippen LogP contribution in [0.5, 0.6) is 0 Å². The first-order valence-electron chi connectivity index (χ1n) is 6.08. The van der Waals surface area contributed by atoms with Crippen LogP contribution in [0, 0.1) is 17.3 Å². The van der Waals surface area contributed by atoms with Gasteiger partial charge in [0.15, 0.2) is 0 Å². The van der Waals surface area contributed by atoms with E-state index in [2.05, 4.69) is 29.1 Å². The van der Waals surface area contributed by atoms with Crippen LogP contribution < -0.4 is 11.1 Å². The SMILES string of the molecule is CC1(C)[C@H](CO)C[C@@H]1CNc1cc(Cl)nc(N)n1. The average Bonchev–Trinajstić information content (AvgIpc) is 2.26. The van der Waals surface area contributed by atoms with E-state index in [1.54, 1.807) is 6.07 Å². The van der Waals surface area contributed by atoms with Gasteiger partial charge in [-0.2, -0.15) is 4.98 Å². The molecule has 4 N–H and O–H groups in total. The summed E-state index contributed by atoms with van der Waals surface area (Å²) < 4.78 is 0. The lowest BCUT2D eigenvalue weighted by atomic mass is 9.55. The zero-order valence-electron chi connectivity index (χ0n) is 10.7. The molecule has 0 aliphatic heterocycles. The van der Waals surface area contributed by atoms with Crippen molar-refractivity contribution in [3.05, 3.63) is 11.2 Å². The number of nitrogens with one attached hydrogen (secondary N) is 1. The third kappa shape index (κ3) is 2.52. The van der Waals surface area contributed by atoms with Crippen LogP contribution in [0.15, 0.2) is 6.07 Å². The number of rotatable bonds is 4. The molecule has 0 aromatic carbocycles. The number of hydrogen-bond donors (Lipinski definition) is 3. The number of hydrogen-bond acceptors (Lipinski definition) is 5. The van der Waals surface area contributed by atoms with E-state index in [0.717, 1.165) is 13.0 Å². The number of anilines is 2. The summed E-state index contributed by atoms with van der Waals surface area (Å²) in [7, 11) is 0. The van der Waals surface area contributed by atoms with Crippen LogP contribution in [0.3, 0.4) is 0 Å². The molecular formula is C12H19ClN4O. The number of nitrogens with zero attached hydrogens (tertiary/aromatic N) is 2. The number of nitrogen functional groups attached to an aromatic ring is 1. The predicted molar refractivity (Wildman–Crippen MR) is 72.4 cm³/mol. The number of nitrogens with two attached hydrogens (primary N) is 1. The fraction of sp³-hybridized carbons (Fsp3) is 0.667. The molecular weight excluding hydrogens is 252 g/mol. The second kappa shape index (κ2) is 4.90. The molecule has 0 radical (unpaired) electrons. The van der Waals surface area contributed by atoms with Crippen molar-refractivity contribution in [2.75, 3.05) is 24.2 Å². The maximum atomic E-state index is 9.22. The van der Waals surface area contributed by atoms with Gasteiger partial charge in [0.2, 0.25) is 5.95 Å². The molecule has 0 spiro atoms. The first kappa shape index (κ1) is 13.4. The lowest BCUT2D eigenvalue weighted by Crippen LogP contribution is -2.49. The van der Waals surface area contributed by atoms with E-state index in [-0.39, 0.29) is 18.0 Å². The summed E-state index contributed by atoms with van der Waals surface area (Å²) in [5.74, 6) is 1.73. The van der Waals surface area contributed by atoms with Gasteiger partial charge in [0.25, 0.3) is 0 Å². The minimum Gasteiger partial charge on any atom is -0.396 e. The van der Waals surface area contributed by atoms with E-state index in [1.165, 1.54) is 0 Å². The summed E-state index contributed by atoms with van der Waals surface area (Å²) in [5.41, 5.74) is 5.69. The van der Waals surface area contributed by atoms with Gasteiger partial charge >= 0.3 is 0 Å². The molecule has 1 saturated carbocycles. The largest absolute Gasteiger partial charge is 0.396 e. The van der Waals surface area contributed by atoms with Crippen molar-refractivity contribution in [2.24, 2.45) is 17.3 Å². The molecule has 1 fully saturated rings. The van der Waals surface area contributed by atoms with Gasteiger partial charge < -0.3 is 16.2 Å². The highest BCUT2D eigenvalue weighted by molar-refractivity contribution is 6.29. The van der Waals surface area contributed by atoms with Gasteiger partial charge in [-0.15, -0.1) is 0 Å². The molecule has 0 bridgehead atoms. The number of aliphatic hydroxyl groups excluding tert-OH is 1. The molecule has 0 saturated heterocycles. The van der Waals surface area contributed by atoms with Gasteiger partial charge in [-0.05, 0) is 23.7 Å². The normalized spacial score (nSPS) is 25.6. The third-order valence-corrected chi connectivity index (χ3v) is 4.33. The molecule has 100 valence electrons. The second-order valence-corrected chi connectivity index (χ2v) is 5.84. The Morgan fingerprint density at radius 3 is 2.78 bits per heavy atom. The minimum absolute atomic E-state index is 0.157. The van der Waals surface area contributed by atoms with E-state index < -0.39 is 0 Å². The standard InChI is InChI=1S/C12H19ClN4O/c1-12(2)7(3-8(12)6-18)5-15-10-4-9(13)16-11(14)17-10/h4,7-8,18H,3,5-6H2,1-2H3,(H3,14,15,16,17)/t7-,8+/m1/s1. The topological polar surface area (TPSA) is 84.1 Å². The van der Waals surface area contributed by atoms with Crippen LogP contribution in [0.1, 0.15) is 20.3 Å². The number of aliphatic hydroxyl groups is 1. The van der Waals surface area contributed by atoms with E-state index in [4.69, 9.17) is 17.3 Å². The Labute approximate surface area is 112 Å². The molecule has 2 rings (SSSR count). The van der Waals surface area contributed by atoms with E-state index in [9.17, 15) is 5.11 Å². The first-order chi connectivity index (χ1) is 8.43. The molecule has 5 nitrogen and oxygen atoms in total. The smallest absolute Gasteiger partial charge is 0.223 e. The van der Waals surface area contributed by atoms with Crippen molar-refractivity contribution in [3.63, 3.8) is 0 Å². The zero-order chi connectivity index (χ0) is 13.3. The third-order valence-electron chi connectivity index (χ3n) is 4.14. The molecule has 1 aliphatic carbocycles. The maximum absolute atomic E-state index is 9.22. The van der Waals surface area contributed by atoms with Crippen LogP contribution in [-0.4, -0.2) is 28.2 Å². The van der Waals surface area contributed by atoms with Gasteiger partial charge in [0, 0.05) is 19.2 Å². The van der Waals surface area contributed by atoms with Crippen molar-refractivity contribution in [1.29, 1.82) is 0 Å². The molecule has 1 aromatic heterocycles. The Kier molecular flexibility index (Phi) is 3.64. The average molecular weight is 271 g/mol. The van der Waals surface area contributed by atoms with Crippen LogP contribution in [0.25, 0.3) is 0 Å². The Balaban J connectivity index is 1.93. The lowest BCUT2D eigenvalue weighted by molar-refractivity contribution is -0.0442. The maximum Gasteiger partial charge on any atom is 0.223 e. The Morgan fingerprint density at radius 1 is 1.50 bits per heavy atom. The zero-order valence-corrected chi connectivity index (χ0v) is 11.4. The fourth-order valence-corrected chi connectivity index (χ4v) is 2.72. The van der Waals surface area contributed by atoms with Gasteiger partial charge in [-0.25, -0.2) is 4.98 Å². The lowest BCUT2D eigenvalue weighted by Gasteiger charge is -2.51. The van der Waals surface area contributed by atoms with Crippen molar-refractivity contribution in [1.82, 2.24) is 9.97 Å². The summed E-state index contributed by atoms with van der Waals surface area (Å²) in [6.07, 6.45) is 1.03. The molecule has 0 unspecified atom stereocenters. The van der Waals surface area contributed by atoms with Crippen molar-refractivity contribution in [2.45, 2.75) is 20.3 Å². The minimum atomic E-state index is 0.157. The van der Waals surface area contributed by atoms with Gasteiger partial charge in [-0.1, -0.05) is 25.4 Å². The summed E-state index contributed by atoms with van der Waals surface area (Å²) in [4.78, 5) is 7.88. The van der Waals surface area contributed by atoms with E-state index in [0.29, 0.717) is 22.8 Å². The van der Waals surface area contributed by atoms with E-state index >= 15 is 0 Å². The van der Waals surface area contributed by atoms with Crippen LogP contribution in [-0.2, 0) is 0 Å². The Bertz CT molecular complexity index is 418. The number of aromatic nitrogens is 2. The van der Waals surface area contributed by atoms with Crippen molar-refractivity contribution < 1.29 is 5.11 Å². The van der Waals surface area contributed by atoms with Gasteiger partial charge in [0.1, 0.15) is 11.0 Å². The summed E-state index contributed by atoms with van der Waals surface area (Å²) in [6, 6.07) is 1.66. The summed E-state index contributed by atoms with van der Waals surface area (Å²) in [6.45, 7) is 5.43. The highest BCUT2D eigenvalue weighted by Gasteiger charge is 2.47. The molecule has 18 heavy (non-hydrogen) atoms. The monoisotopic (exact) mass is 270 g/mol. The molecule has 6 heteroatoms. The molecule has 1 heterocycles. The highest BCUT2D eigenvalue weighted by Crippen LogP contribution is 2.50. The first-order valence-corrected chi connectivity index (χ1v) is 6.46. The quantitative estimate of drug-likeness (QED) is 0.727. The molecule has 0 amide bonds. The molecule has 2 atom stereocenters. The molecule has 1 aliphatic rings. The van der Waals surface area contributed by atoms with Crippen LogP contribution >= 0.6 is 11.6 Å². The Hall–Kier alpha value is -1.07. The number of halogens is 1. The van der Waals surface area contributed by atoms with Crippen molar-refractivity contribution in [3.8, 4) is 0 Å². The highest BCUT2D eigenvalue weighted by atomic mass is 35.5. The Morgan fingerprint density at radius 2 is 2.22 bits per heavy atom. The fourth-order valence-electron chi connectivity index (χ4n) is 2.53. The van der Waals surface area contributed by atoms with Crippen LogP contribution in [0.4, 0.5) is 11.8 Å². The van der Waals surface area contributed by atoms with Gasteiger partial charge in [0.05, 0.1) is 0 Å². The second-order valence-electron chi connectivity index (χ2n) is 5.45. The summed E-state index contributed by atoms with van der Waals surface area (Å²) in [5, 5.41) is 12.8. The van der Waals surface area contributed by atoms with E-state index in [1.807, 2.05) is 0 Å². The van der Waals surface area contributed by atoms with Crippen LogP contribution in [0.2, 0.25) is 5.15 Å². The molecule has 1 aromatic rings.